The minimum absolute atomic E-state index is 0.0106. The Morgan fingerprint density at radius 2 is 1.88 bits per heavy atom. The summed E-state index contributed by atoms with van der Waals surface area (Å²) in [6.45, 7) is 6.34. The second-order valence-electron chi connectivity index (χ2n) is 7.84. The summed E-state index contributed by atoms with van der Waals surface area (Å²) < 4.78 is 4.11. The Labute approximate surface area is 187 Å². The van der Waals surface area contributed by atoms with Crippen LogP contribution in [0, 0.1) is 0 Å². The van der Waals surface area contributed by atoms with E-state index < -0.39 is 11.2 Å². The number of nitrogens with zero attached hydrogens (tertiary/aromatic N) is 6. The van der Waals surface area contributed by atoms with Crippen LogP contribution in [-0.4, -0.2) is 28.5 Å². The predicted octanol–water partition coefficient (Wildman–Crippen LogP) is 2.32. The highest BCUT2D eigenvalue weighted by Gasteiger charge is 2.20. The van der Waals surface area contributed by atoms with E-state index in [9.17, 15) is 14.4 Å². The normalized spacial score (nSPS) is 11.7. The van der Waals surface area contributed by atoms with Crippen molar-refractivity contribution >= 4 is 28.4 Å². The standard InChI is InChI=1S/C22H24N6O3S/c1-5-9-28-19-17(21(30)26(4)22(28)31)20(25-18(24-19)13(2)3)32-12-14-11-16(29)27-10-7-6-8-15(27)23-14/h6-8,10-11,13H,5,9,12H2,1-4H3. The predicted molar refractivity (Wildman–Crippen MR) is 124 cm³/mol. The Balaban J connectivity index is 1.87. The molecule has 0 aromatic carbocycles. The van der Waals surface area contributed by atoms with Crippen molar-refractivity contribution in [3.63, 3.8) is 0 Å². The summed E-state index contributed by atoms with van der Waals surface area (Å²) in [5.74, 6) is 0.917. The molecule has 0 aliphatic rings. The van der Waals surface area contributed by atoms with Crippen molar-refractivity contribution < 1.29 is 0 Å². The smallest absolute Gasteiger partial charge is 0.277 e. The first-order chi connectivity index (χ1) is 15.3. The van der Waals surface area contributed by atoms with E-state index >= 15 is 0 Å². The lowest BCUT2D eigenvalue weighted by Crippen LogP contribution is -2.39. The molecule has 166 valence electrons. The second kappa shape index (κ2) is 8.70. The van der Waals surface area contributed by atoms with Gasteiger partial charge >= 0.3 is 5.69 Å². The van der Waals surface area contributed by atoms with Gasteiger partial charge in [-0.15, -0.1) is 0 Å². The third kappa shape index (κ3) is 3.86. The highest BCUT2D eigenvalue weighted by atomic mass is 32.2. The van der Waals surface area contributed by atoms with Crippen molar-refractivity contribution in [1.82, 2.24) is 28.5 Å². The molecule has 0 bridgehead atoms. The maximum absolute atomic E-state index is 13.0. The third-order valence-corrected chi connectivity index (χ3v) is 6.12. The van der Waals surface area contributed by atoms with Gasteiger partial charge in [-0.25, -0.2) is 19.7 Å². The topological polar surface area (TPSA) is 104 Å². The fourth-order valence-electron chi connectivity index (χ4n) is 3.46. The first-order valence-electron chi connectivity index (χ1n) is 10.4. The van der Waals surface area contributed by atoms with Gasteiger partial charge in [0.05, 0.1) is 5.69 Å². The molecule has 0 radical (unpaired) electrons. The van der Waals surface area contributed by atoms with Gasteiger partial charge in [-0.3, -0.25) is 23.1 Å². The minimum Gasteiger partial charge on any atom is -0.277 e. The van der Waals surface area contributed by atoms with Gasteiger partial charge in [0.2, 0.25) is 0 Å². The molecule has 4 aromatic heterocycles. The number of hydrogen-bond donors (Lipinski definition) is 0. The van der Waals surface area contributed by atoms with Crippen LogP contribution in [0.2, 0.25) is 0 Å². The number of pyridine rings is 1. The Hall–Kier alpha value is -3.27. The number of thioether (sulfide) groups is 1. The average Bonchev–Trinajstić information content (AvgIpc) is 2.78. The van der Waals surface area contributed by atoms with Gasteiger partial charge in [0.25, 0.3) is 11.1 Å². The minimum atomic E-state index is -0.429. The van der Waals surface area contributed by atoms with E-state index in [0.29, 0.717) is 45.5 Å². The maximum atomic E-state index is 13.0. The fourth-order valence-corrected chi connectivity index (χ4v) is 4.37. The first kappa shape index (κ1) is 21.9. The molecular formula is C22H24N6O3S. The lowest BCUT2D eigenvalue weighted by molar-refractivity contribution is 0.603. The van der Waals surface area contributed by atoms with E-state index in [-0.39, 0.29) is 11.5 Å². The molecule has 0 aliphatic carbocycles. The molecule has 0 saturated heterocycles. The van der Waals surface area contributed by atoms with Gasteiger partial charge in [-0.05, 0) is 18.6 Å². The lowest BCUT2D eigenvalue weighted by atomic mass is 10.2. The van der Waals surface area contributed by atoms with Gasteiger partial charge < -0.3 is 0 Å². The number of fused-ring (bicyclic) bond motifs is 2. The van der Waals surface area contributed by atoms with Crippen molar-refractivity contribution in [3.8, 4) is 0 Å². The molecule has 0 saturated carbocycles. The Bertz CT molecular complexity index is 1500. The van der Waals surface area contributed by atoms with Gasteiger partial charge in [0.1, 0.15) is 21.9 Å². The molecule has 4 rings (SSSR count). The zero-order chi connectivity index (χ0) is 23.0. The highest BCUT2D eigenvalue weighted by Crippen LogP contribution is 2.27. The molecule has 4 aromatic rings. The second-order valence-corrected chi connectivity index (χ2v) is 8.81. The van der Waals surface area contributed by atoms with E-state index in [1.807, 2.05) is 26.8 Å². The molecule has 10 heteroatoms. The summed E-state index contributed by atoms with van der Waals surface area (Å²) in [6.07, 6.45) is 2.40. The molecule has 0 atom stereocenters. The summed E-state index contributed by atoms with van der Waals surface area (Å²) in [6, 6.07) is 6.85. The molecule has 9 nitrogen and oxygen atoms in total. The van der Waals surface area contributed by atoms with Crippen LogP contribution in [0.4, 0.5) is 0 Å². The lowest BCUT2D eigenvalue weighted by Gasteiger charge is -2.15. The van der Waals surface area contributed by atoms with E-state index in [1.54, 1.807) is 18.3 Å². The number of hydrogen-bond acceptors (Lipinski definition) is 7. The average molecular weight is 453 g/mol. The molecule has 0 fully saturated rings. The molecule has 32 heavy (non-hydrogen) atoms. The van der Waals surface area contributed by atoms with Crippen LogP contribution in [0.5, 0.6) is 0 Å². The van der Waals surface area contributed by atoms with Crippen LogP contribution in [-0.2, 0) is 19.3 Å². The van der Waals surface area contributed by atoms with Crippen LogP contribution in [0.15, 0.2) is 49.9 Å². The monoisotopic (exact) mass is 452 g/mol. The van der Waals surface area contributed by atoms with Gasteiger partial charge in [-0.2, -0.15) is 0 Å². The van der Waals surface area contributed by atoms with Gasteiger partial charge in [0.15, 0.2) is 5.65 Å². The van der Waals surface area contributed by atoms with Crippen LogP contribution < -0.4 is 16.8 Å². The summed E-state index contributed by atoms with van der Waals surface area (Å²) in [4.78, 5) is 52.0. The summed E-state index contributed by atoms with van der Waals surface area (Å²) in [5, 5.41) is 0.798. The molecular weight excluding hydrogens is 428 g/mol. The highest BCUT2D eigenvalue weighted by molar-refractivity contribution is 7.98. The van der Waals surface area contributed by atoms with Crippen LogP contribution >= 0.6 is 11.8 Å². The van der Waals surface area contributed by atoms with Crippen molar-refractivity contribution in [2.45, 2.75) is 50.4 Å². The van der Waals surface area contributed by atoms with Gasteiger partial charge in [0, 0.05) is 37.5 Å². The summed E-state index contributed by atoms with van der Waals surface area (Å²) in [5.41, 5.74) is 0.503. The van der Waals surface area contributed by atoms with Crippen molar-refractivity contribution in [2.24, 2.45) is 7.05 Å². The summed E-state index contributed by atoms with van der Waals surface area (Å²) in [7, 11) is 1.47. The van der Waals surface area contributed by atoms with E-state index in [1.165, 1.54) is 33.8 Å². The Morgan fingerprint density at radius 1 is 1.09 bits per heavy atom. The van der Waals surface area contributed by atoms with E-state index in [4.69, 9.17) is 0 Å². The summed E-state index contributed by atoms with van der Waals surface area (Å²) >= 11 is 1.32. The van der Waals surface area contributed by atoms with Crippen LogP contribution in [0.3, 0.4) is 0 Å². The SMILES string of the molecule is CCCn1c(=O)n(C)c(=O)c2c(SCc3cc(=O)n4ccccc4n3)nc(C(C)C)nc21. The Morgan fingerprint density at radius 3 is 2.59 bits per heavy atom. The molecule has 0 spiro atoms. The van der Waals surface area contributed by atoms with Crippen LogP contribution in [0.25, 0.3) is 16.7 Å². The largest absolute Gasteiger partial charge is 0.332 e. The number of rotatable bonds is 6. The molecule has 4 heterocycles. The fraction of sp³-hybridized carbons (Fsp3) is 0.364. The number of aryl methyl sites for hydroxylation is 1. The zero-order valence-electron chi connectivity index (χ0n) is 18.4. The molecule has 0 aliphatic heterocycles. The van der Waals surface area contributed by atoms with Gasteiger partial charge in [-0.1, -0.05) is 38.6 Å². The Kier molecular flexibility index (Phi) is 5.96. The zero-order valence-corrected chi connectivity index (χ0v) is 19.2. The van der Waals surface area contributed by atoms with Crippen molar-refractivity contribution in [2.75, 3.05) is 0 Å². The van der Waals surface area contributed by atoms with E-state index in [0.717, 1.165) is 11.0 Å². The molecule has 0 amide bonds. The first-order valence-corrected chi connectivity index (χ1v) is 11.4. The van der Waals surface area contributed by atoms with Crippen molar-refractivity contribution in [3.05, 3.63) is 73.2 Å². The third-order valence-electron chi connectivity index (χ3n) is 5.11. The number of aromatic nitrogens is 6. The molecule has 0 N–H and O–H groups in total. The van der Waals surface area contributed by atoms with Crippen LogP contribution in [0.1, 0.15) is 44.6 Å². The maximum Gasteiger partial charge on any atom is 0.332 e. The molecule has 0 unspecified atom stereocenters. The van der Waals surface area contributed by atoms with Crippen molar-refractivity contribution in [1.29, 1.82) is 0 Å². The van der Waals surface area contributed by atoms with E-state index in [2.05, 4.69) is 15.0 Å². The quantitative estimate of drug-likeness (QED) is 0.327.